The second-order valence-electron chi connectivity index (χ2n) is 7.00. The van der Waals surface area contributed by atoms with Crippen molar-refractivity contribution in [2.45, 2.75) is 39.2 Å². The summed E-state index contributed by atoms with van der Waals surface area (Å²) in [6, 6.07) is 7.76. The van der Waals surface area contributed by atoms with Gasteiger partial charge in [-0.05, 0) is 43.5 Å². The lowest BCUT2D eigenvalue weighted by Crippen LogP contribution is -2.05. The van der Waals surface area contributed by atoms with Crippen molar-refractivity contribution in [1.29, 1.82) is 0 Å². The number of thiophene rings is 1. The van der Waals surface area contributed by atoms with Crippen LogP contribution in [0.2, 0.25) is 5.02 Å². The smallest absolute Gasteiger partial charge is 0.303 e. The first-order chi connectivity index (χ1) is 15.4. The molecule has 174 valence electrons. The number of hydrogen-bond acceptors (Lipinski definition) is 8. The molecule has 10 heteroatoms. The number of halogens is 1. The van der Waals surface area contributed by atoms with Crippen LogP contribution in [-0.4, -0.2) is 46.4 Å². The number of aryl methyl sites for hydroxylation is 2. The van der Waals surface area contributed by atoms with Gasteiger partial charge in [0.25, 0.3) is 0 Å². The molecule has 0 unspecified atom stereocenters. The molecule has 0 atom stereocenters. The lowest BCUT2D eigenvalue weighted by Gasteiger charge is -2.10. The molecule has 0 fully saturated rings. The van der Waals surface area contributed by atoms with Crippen LogP contribution in [-0.2, 0) is 17.8 Å². The van der Waals surface area contributed by atoms with Gasteiger partial charge in [-0.2, -0.15) is 0 Å². The van der Waals surface area contributed by atoms with Gasteiger partial charge >= 0.3 is 5.97 Å². The lowest BCUT2D eigenvalue weighted by molar-refractivity contribution is -0.137. The molecule has 0 radical (unpaired) electrons. The van der Waals surface area contributed by atoms with Crippen molar-refractivity contribution < 1.29 is 19.7 Å². The number of aliphatic hydroxyl groups excluding tert-OH is 1. The van der Waals surface area contributed by atoms with Crippen LogP contribution < -0.4 is 15.8 Å². The molecule has 3 aromatic rings. The number of carbonyl (C=O) groups is 1. The Morgan fingerprint density at radius 2 is 2.03 bits per heavy atom. The van der Waals surface area contributed by atoms with Crippen LogP contribution in [0.3, 0.4) is 0 Å². The molecule has 0 saturated carbocycles. The number of nitrogens with two attached hydrogens (primary N) is 1. The molecule has 0 spiro atoms. The molecule has 3 rings (SSSR count). The first-order valence-electron chi connectivity index (χ1n) is 10.2. The van der Waals surface area contributed by atoms with Crippen molar-refractivity contribution in [3.05, 3.63) is 45.6 Å². The third-order valence-electron chi connectivity index (χ3n) is 4.41. The van der Waals surface area contributed by atoms with E-state index in [-0.39, 0.29) is 13.0 Å². The van der Waals surface area contributed by atoms with E-state index in [2.05, 4.69) is 21.4 Å². The number of carboxylic acids is 1. The number of rotatable bonds is 10. The Kier molecular flexibility index (Phi) is 10.6. The highest BCUT2D eigenvalue weighted by atomic mass is 35.5. The number of ether oxygens (including phenoxy) is 1. The predicted molar refractivity (Wildman–Crippen MR) is 129 cm³/mol. The summed E-state index contributed by atoms with van der Waals surface area (Å²) in [6.07, 6.45) is 2.19. The van der Waals surface area contributed by atoms with Gasteiger partial charge < -0.3 is 26.0 Å². The van der Waals surface area contributed by atoms with Crippen LogP contribution >= 0.6 is 22.9 Å². The maximum Gasteiger partial charge on any atom is 0.303 e. The molecule has 1 aromatic carbocycles. The Bertz CT molecular complexity index is 1030. The molecular formula is C22H29ClN4O4S. The fourth-order valence-corrected chi connectivity index (χ4v) is 4.08. The van der Waals surface area contributed by atoms with Crippen LogP contribution in [0.5, 0.6) is 5.75 Å². The predicted octanol–water partition coefficient (Wildman–Crippen LogP) is 4.01. The molecular weight excluding hydrogens is 452 g/mol. The second kappa shape index (κ2) is 13.2. The van der Waals surface area contributed by atoms with Crippen LogP contribution in [0.4, 0.5) is 5.82 Å². The number of unbranched alkanes of at least 4 members (excludes halogenated alkanes) is 1. The zero-order valence-corrected chi connectivity index (χ0v) is 19.8. The number of nitrogens with zero attached hydrogens (tertiary/aromatic N) is 2. The average molecular weight is 481 g/mol. The Morgan fingerprint density at radius 1 is 1.28 bits per heavy atom. The van der Waals surface area contributed by atoms with Gasteiger partial charge in [0.05, 0.1) is 24.1 Å². The van der Waals surface area contributed by atoms with E-state index < -0.39 is 5.97 Å². The summed E-state index contributed by atoms with van der Waals surface area (Å²) >= 11 is 7.84. The molecule has 0 aliphatic heterocycles. The summed E-state index contributed by atoms with van der Waals surface area (Å²) in [6.45, 7) is 3.09. The number of aliphatic carboxylic acids is 1. The summed E-state index contributed by atoms with van der Waals surface area (Å²) in [7, 11) is 1.59. The number of aromatic nitrogens is 2. The molecule has 5 N–H and O–H groups in total. The topological polar surface area (TPSA) is 131 Å². The molecule has 32 heavy (non-hydrogen) atoms. The van der Waals surface area contributed by atoms with E-state index in [0.29, 0.717) is 36.7 Å². The van der Waals surface area contributed by atoms with Crippen LogP contribution in [0.1, 0.15) is 35.5 Å². The fraction of sp³-hybridized carbons (Fsp3) is 0.409. The highest BCUT2D eigenvalue weighted by molar-refractivity contribution is 7.18. The number of nitrogens with one attached hydrogen (secondary N) is 1. The van der Waals surface area contributed by atoms with Gasteiger partial charge in [-0.1, -0.05) is 17.7 Å². The minimum Gasteiger partial charge on any atom is -0.495 e. The van der Waals surface area contributed by atoms with E-state index in [9.17, 15) is 4.79 Å². The second-order valence-corrected chi connectivity index (χ2v) is 8.64. The summed E-state index contributed by atoms with van der Waals surface area (Å²) in [4.78, 5) is 22.1. The monoisotopic (exact) mass is 480 g/mol. The van der Waals surface area contributed by atoms with Crippen molar-refractivity contribution in [2.75, 3.05) is 25.6 Å². The lowest BCUT2D eigenvalue weighted by atomic mass is 10.2. The Labute approximate surface area is 196 Å². The van der Waals surface area contributed by atoms with Crippen molar-refractivity contribution >= 4 is 44.9 Å². The van der Waals surface area contributed by atoms with E-state index >= 15 is 0 Å². The molecule has 0 bridgehead atoms. The van der Waals surface area contributed by atoms with Crippen molar-refractivity contribution in [2.24, 2.45) is 5.73 Å². The van der Waals surface area contributed by atoms with Gasteiger partial charge in [0, 0.05) is 30.8 Å². The van der Waals surface area contributed by atoms with Gasteiger partial charge in [-0.3, -0.25) is 4.79 Å². The minimum atomic E-state index is -0.772. The maximum absolute atomic E-state index is 10.7. The van der Waals surface area contributed by atoms with Gasteiger partial charge in [-0.15, -0.1) is 11.3 Å². The summed E-state index contributed by atoms with van der Waals surface area (Å²) in [5, 5.41) is 21.5. The molecule has 2 aromatic heterocycles. The Morgan fingerprint density at radius 3 is 2.66 bits per heavy atom. The van der Waals surface area contributed by atoms with Crippen molar-refractivity contribution in [3.8, 4) is 5.75 Å². The van der Waals surface area contributed by atoms with Crippen LogP contribution in [0.25, 0.3) is 10.2 Å². The fourth-order valence-electron chi connectivity index (χ4n) is 2.90. The van der Waals surface area contributed by atoms with E-state index in [0.717, 1.165) is 33.8 Å². The van der Waals surface area contributed by atoms with Gasteiger partial charge in [0.2, 0.25) is 0 Å². The van der Waals surface area contributed by atoms with Crippen LogP contribution in [0, 0.1) is 6.92 Å². The number of methoxy groups -OCH3 is 1. The van der Waals surface area contributed by atoms with Crippen LogP contribution in [0.15, 0.2) is 24.3 Å². The number of anilines is 1. The SMILES string of the molecule is COc1ccc(CNc2nc(CCCCC(=O)O)nc3sc(C)cc23)cc1Cl.NCCO. The number of benzene rings is 1. The molecule has 2 heterocycles. The van der Waals surface area contributed by atoms with Crippen molar-refractivity contribution in [3.63, 3.8) is 0 Å². The number of hydrogen-bond donors (Lipinski definition) is 4. The highest BCUT2D eigenvalue weighted by Gasteiger charge is 2.11. The third-order valence-corrected chi connectivity index (χ3v) is 5.65. The minimum absolute atomic E-state index is 0.0972. The Hall–Kier alpha value is -2.46. The summed E-state index contributed by atoms with van der Waals surface area (Å²) in [5.74, 6) is 1.39. The van der Waals surface area contributed by atoms with Gasteiger partial charge in [-0.25, -0.2) is 9.97 Å². The van der Waals surface area contributed by atoms with E-state index in [4.69, 9.17) is 32.3 Å². The molecule has 0 aliphatic carbocycles. The zero-order valence-electron chi connectivity index (χ0n) is 18.2. The van der Waals surface area contributed by atoms with E-state index in [1.165, 1.54) is 4.88 Å². The highest BCUT2D eigenvalue weighted by Crippen LogP contribution is 2.30. The van der Waals surface area contributed by atoms with Crippen molar-refractivity contribution in [1.82, 2.24) is 9.97 Å². The van der Waals surface area contributed by atoms with Gasteiger partial charge in [0.1, 0.15) is 22.2 Å². The Balaban J connectivity index is 0.000000837. The zero-order chi connectivity index (χ0) is 23.5. The third kappa shape index (κ3) is 7.90. The largest absolute Gasteiger partial charge is 0.495 e. The standard InChI is InChI=1S/C20H22ClN3O3S.C2H7NO/c1-12-9-14-19(22-11-13-7-8-16(27-2)15(21)10-13)23-17(24-20(14)28-12)5-3-4-6-18(25)26;3-1-2-4/h7-10H,3-6,11H2,1-2H3,(H,25,26)(H,22,23,24);4H,1-3H2. The number of aliphatic hydroxyl groups is 1. The molecule has 0 aliphatic rings. The molecule has 0 saturated heterocycles. The van der Waals surface area contributed by atoms with E-state index in [1.54, 1.807) is 18.4 Å². The first-order valence-corrected chi connectivity index (χ1v) is 11.4. The number of carboxylic acid groups (broad SMARTS) is 1. The summed E-state index contributed by atoms with van der Waals surface area (Å²) < 4.78 is 5.19. The number of fused-ring (bicyclic) bond motifs is 1. The molecule has 8 nitrogen and oxygen atoms in total. The molecule has 0 amide bonds. The summed E-state index contributed by atoms with van der Waals surface area (Å²) in [5.41, 5.74) is 5.80. The van der Waals surface area contributed by atoms with E-state index in [1.807, 2.05) is 25.1 Å². The first kappa shape index (κ1) is 25.8. The maximum atomic E-state index is 10.7. The average Bonchev–Trinajstić information content (AvgIpc) is 3.15. The van der Waals surface area contributed by atoms with Gasteiger partial charge in [0.15, 0.2) is 0 Å². The quantitative estimate of drug-likeness (QED) is 0.320. The normalized spacial score (nSPS) is 10.5.